The van der Waals surface area contributed by atoms with Gasteiger partial charge in [0, 0.05) is 55.6 Å². The van der Waals surface area contributed by atoms with Crippen molar-refractivity contribution in [3.8, 4) is 34.3 Å². The molecule has 0 bridgehead atoms. The summed E-state index contributed by atoms with van der Waals surface area (Å²) in [6, 6.07) is 21.4. The fourth-order valence-electron chi connectivity index (χ4n) is 6.46. The predicted octanol–water partition coefficient (Wildman–Crippen LogP) is 5.56. The molecule has 0 saturated carbocycles. The molecule has 3 aliphatic heterocycles. The summed E-state index contributed by atoms with van der Waals surface area (Å²) in [6.45, 7) is 4.64. The van der Waals surface area contributed by atoms with Crippen molar-refractivity contribution in [1.29, 1.82) is 0 Å². The van der Waals surface area contributed by atoms with Gasteiger partial charge in [-0.05, 0) is 35.9 Å². The number of rotatable bonds is 5. The van der Waals surface area contributed by atoms with Crippen molar-refractivity contribution in [2.45, 2.75) is 6.54 Å². The highest BCUT2D eigenvalue weighted by Crippen LogP contribution is 2.47. The van der Waals surface area contributed by atoms with Gasteiger partial charge in [0.05, 0.1) is 22.3 Å². The van der Waals surface area contributed by atoms with Gasteiger partial charge in [0.2, 0.25) is 13.6 Å². The number of benzene rings is 4. The zero-order chi connectivity index (χ0) is 28.5. The molecule has 5 aromatic rings. The number of carbonyl (C=O) groups is 1. The molecule has 1 N–H and O–H groups in total. The number of piperazine rings is 1. The SMILES string of the molecule is O=C1c2ccccc2-c2onc3c(N4CCN(Cc5ccc6c(c5)OCO6)CC4)cc(Nc4ccc5c(c4)OCO5)c1c23. The van der Waals surface area contributed by atoms with Crippen molar-refractivity contribution in [2.24, 2.45) is 0 Å². The molecule has 9 rings (SSSR count). The lowest BCUT2D eigenvalue weighted by Gasteiger charge is -2.36. The zero-order valence-corrected chi connectivity index (χ0v) is 23.1. The highest BCUT2D eigenvalue weighted by atomic mass is 16.7. The number of nitrogens with zero attached hydrogens (tertiary/aromatic N) is 3. The minimum atomic E-state index is -0.0559. The van der Waals surface area contributed by atoms with E-state index in [0.29, 0.717) is 39.6 Å². The predicted molar refractivity (Wildman–Crippen MR) is 159 cm³/mol. The summed E-state index contributed by atoms with van der Waals surface area (Å²) in [7, 11) is 0. The lowest BCUT2D eigenvalue weighted by Crippen LogP contribution is -2.46. The largest absolute Gasteiger partial charge is 0.454 e. The third-order valence-corrected chi connectivity index (χ3v) is 8.59. The summed E-state index contributed by atoms with van der Waals surface area (Å²) in [4.78, 5) is 18.7. The lowest BCUT2D eigenvalue weighted by molar-refractivity contribution is 0.104. The Labute approximate surface area is 246 Å². The number of anilines is 3. The number of fused-ring (bicyclic) bond motifs is 4. The molecule has 1 fully saturated rings. The van der Waals surface area contributed by atoms with Gasteiger partial charge >= 0.3 is 0 Å². The molecule has 0 atom stereocenters. The van der Waals surface area contributed by atoms with E-state index in [1.165, 1.54) is 5.56 Å². The molecule has 0 radical (unpaired) electrons. The van der Waals surface area contributed by atoms with Crippen molar-refractivity contribution >= 4 is 33.7 Å². The van der Waals surface area contributed by atoms with Crippen LogP contribution in [0.3, 0.4) is 0 Å². The van der Waals surface area contributed by atoms with E-state index in [4.69, 9.17) is 23.5 Å². The zero-order valence-electron chi connectivity index (χ0n) is 23.1. The van der Waals surface area contributed by atoms with Gasteiger partial charge in [0.15, 0.2) is 34.5 Å². The molecular formula is C33H26N4O6. The Hall–Kier alpha value is -5.22. The maximum atomic E-state index is 14.0. The van der Waals surface area contributed by atoms with Crippen LogP contribution in [0.4, 0.5) is 17.1 Å². The molecule has 4 aliphatic rings. The van der Waals surface area contributed by atoms with E-state index in [0.717, 1.165) is 66.5 Å². The molecule has 10 nitrogen and oxygen atoms in total. The molecule has 1 aliphatic carbocycles. The third kappa shape index (κ3) is 3.90. The number of hydrogen-bond donors (Lipinski definition) is 1. The quantitative estimate of drug-likeness (QED) is 0.282. The topological polar surface area (TPSA) is 98.5 Å². The summed E-state index contributed by atoms with van der Waals surface area (Å²) >= 11 is 0. The molecule has 4 aromatic carbocycles. The normalized spacial score (nSPS) is 16.6. The van der Waals surface area contributed by atoms with Gasteiger partial charge in [-0.3, -0.25) is 9.69 Å². The van der Waals surface area contributed by atoms with Crippen LogP contribution in [0.2, 0.25) is 0 Å². The van der Waals surface area contributed by atoms with Crippen molar-refractivity contribution in [1.82, 2.24) is 10.1 Å². The molecule has 1 aromatic heterocycles. The van der Waals surface area contributed by atoms with Gasteiger partial charge in [-0.25, -0.2) is 0 Å². The van der Waals surface area contributed by atoms with E-state index in [-0.39, 0.29) is 19.4 Å². The highest BCUT2D eigenvalue weighted by molar-refractivity contribution is 6.28. The van der Waals surface area contributed by atoms with Crippen molar-refractivity contribution in [2.75, 3.05) is 50.0 Å². The molecule has 214 valence electrons. The Kier molecular flexibility index (Phi) is 5.33. The minimum absolute atomic E-state index is 0.0559. The monoisotopic (exact) mass is 574 g/mol. The van der Waals surface area contributed by atoms with E-state index in [9.17, 15) is 4.79 Å². The van der Waals surface area contributed by atoms with E-state index in [2.05, 4.69) is 32.4 Å². The molecule has 0 amide bonds. The first-order valence-corrected chi connectivity index (χ1v) is 14.3. The molecule has 4 heterocycles. The van der Waals surface area contributed by atoms with Crippen LogP contribution in [-0.2, 0) is 6.54 Å². The van der Waals surface area contributed by atoms with E-state index < -0.39 is 0 Å². The Morgan fingerprint density at radius 1 is 0.767 bits per heavy atom. The first-order valence-electron chi connectivity index (χ1n) is 14.3. The molecule has 0 spiro atoms. The van der Waals surface area contributed by atoms with Crippen LogP contribution in [-0.4, -0.2) is 55.6 Å². The second-order valence-electron chi connectivity index (χ2n) is 11.1. The Bertz CT molecular complexity index is 1940. The minimum Gasteiger partial charge on any atom is -0.454 e. The number of carbonyl (C=O) groups excluding carboxylic acids is 1. The van der Waals surface area contributed by atoms with E-state index in [1.807, 2.05) is 54.6 Å². The number of ketones is 1. The van der Waals surface area contributed by atoms with Crippen LogP contribution in [0.25, 0.3) is 22.2 Å². The molecule has 0 unspecified atom stereocenters. The Morgan fingerprint density at radius 3 is 2.30 bits per heavy atom. The summed E-state index contributed by atoms with van der Waals surface area (Å²) in [5.41, 5.74) is 6.26. The van der Waals surface area contributed by atoms with E-state index >= 15 is 0 Å². The van der Waals surface area contributed by atoms with Gasteiger partial charge in [-0.1, -0.05) is 35.5 Å². The second kappa shape index (κ2) is 9.40. The summed E-state index contributed by atoms with van der Waals surface area (Å²) < 4.78 is 28.1. The Balaban J connectivity index is 1.07. The Morgan fingerprint density at radius 2 is 1.49 bits per heavy atom. The summed E-state index contributed by atoms with van der Waals surface area (Å²) in [5.74, 6) is 3.54. The first-order chi connectivity index (χ1) is 21.2. The van der Waals surface area contributed by atoms with Crippen molar-refractivity contribution in [3.05, 3.63) is 83.4 Å². The van der Waals surface area contributed by atoms with Crippen LogP contribution >= 0.6 is 0 Å². The summed E-state index contributed by atoms with van der Waals surface area (Å²) in [6.07, 6.45) is 0. The highest BCUT2D eigenvalue weighted by Gasteiger charge is 2.34. The molecule has 43 heavy (non-hydrogen) atoms. The lowest BCUT2D eigenvalue weighted by atomic mass is 9.86. The number of hydrogen-bond acceptors (Lipinski definition) is 10. The van der Waals surface area contributed by atoms with Crippen LogP contribution in [0.5, 0.6) is 23.0 Å². The number of nitrogens with one attached hydrogen (secondary N) is 1. The van der Waals surface area contributed by atoms with Gasteiger partial charge in [0.25, 0.3) is 0 Å². The summed E-state index contributed by atoms with van der Waals surface area (Å²) in [5, 5.41) is 8.80. The van der Waals surface area contributed by atoms with Crippen molar-refractivity contribution < 1.29 is 28.3 Å². The molecular weight excluding hydrogens is 548 g/mol. The van der Waals surface area contributed by atoms with Crippen LogP contribution in [0, 0.1) is 0 Å². The first kappa shape index (κ1) is 24.4. The number of ether oxygens (including phenoxy) is 4. The van der Waals surface area contributed by atoms with Crippen LogP contribution < -0.4 is 29.2 Å². The fourth-order valence-corrected chi connectivity index (χ4v) is 6.46. The smallest absolute Gasteiger partial charge is 0.231 e. The van der Waals surface area contributed by atoms with Gasteiger partial charge in [-0.2, -0.15) is 0 Å². The standard InChI is InChI=1S/C33H26N4O6/c38-32-21-3-1-2-4-22(21)33-30-29(32)23(34-20-6-8-26-28(14-20)42-18-40-26)15-24(31(30)35-43-33)37-11-9-36(10-12-37)16-19-5-7-25-27(13-19)41-17-39-25/h1-8,13-15,34H,9-12,16-18H2. The van der Waals surface area contributed by atoms with E-state index in [1.54, 1.807) is 0 Å². The molecule has 1 saturated heterocycles. The fraction of sp³-hybridized carbons (Fsp3) is 0.212. The van der Waals surface area contributed by atoms with Crippen molar-refractivity contribution in [3.63, 3.8) is 0 Å². The van der Waals surface area contributed by atoms with Crippen LogP contribution in [0.1, 0.15) is 21.5 Å². The average Bonchev–Trinajstić information content (AvgIpc) is 3.80. The second-order valence-corrected chi connectivity index (χ2v) is 11.1. The van der Waals surface area contributed by atoms with Gasteiger partial charge in [0.1, 0.15) is 5.52 Å². The van der Waals surface area contributed by atoms with Gasteiger partial charge < -0.3 is 33.7 Å². The van der Waals surface area contributed by atoms with Crippen LogP contribution in [0.15, 0.2) is 71.3 Å². The maximum Gasteiger partial charge on any atom is 0.231 e. The van der Waals surface area contributed by atoms with Gasteiger partial charge in [-0.15, -0.1) is 0 Å². The number of aromatic nitrogens is 1. The molecule has 10 heteroatoms. The average molecular weight is 575 g/mol. The maximum absolute atomic E-state index is 14.0. The third-order valence-electron chi connectivity index (χ3n) is 8.59.